The van der Waals surface area contributed by atoms with Crippen LogP contribution in [0.3, 0.4) is 0 Å². The first-order valence-corrected chi connectivity index (χ1v) is 13.6. The normalized spacial score (nSPS) is 12.6. The highest BCUT2D eigenvalue weighted by Crippen LogP contribution is 2.38. The summed E-state index contributed by atoms with van der Waals surface area (Å²) in [5.74, 6) is -0.905. The zero-order chi connectivity index (χ0) is 28.3. The van der Waals surface area contributed by atoms with Crippen molar-refractivity contribution in [1.82, 2.24) is 0 Å². The fourth-order valence-corrected chi connectivity index (χ4v) is 4.42. The molecule has 7 nitrogen and oxygen atoms in total. The molecule has 0 saturated carbocycles. The number of anilines is 2. The van der Waals surface area contributed by atoms with Gasteiger partial charge in [-0.2, -0.15) is 0 Å². The minimum atomic E-state index is -2.38. The number of para-hydroxylation sites is 1. The number of carboxylic acid groups (broad SMARTS) is 1. The van der Waals surface area contributed by atoms with E-state index in [1.54, 1.807) is 35.4 Å². The first-order chi connectivity index (χ1) is 17.9. The molecular weight excluding hydrogens is 500 g/mol. The lowest BCUT2D eigenvalue weighted by molar-refractivity contribution is -0.137. The van der Waals surface area contributed by atoms with Crippen molar-refractivity contribution >= 4 is 34.3 Å². The SMILES string of the molecule is C=C(/C=C/C=C/N(C(C)=O)c1ccccc1)C(C)(C)c1cc(S(=O)[O-])ccc1N(C)CCCCCC(=O)O. The third kappa shape index (κ3) is 8.82. The van der Waals surface area contributed by atoms with Gasteiger partial charge >= 0.3 is 5.97 Å². The van der Waals surface area contributed by atoms with Crippen LogP contribution in [0.5, 0.6) is 0 Å². The van der Waals surface area contributed by atoms with Crippen molar-refractivity contribution in [3.63, 3.8) is 0 Å². The van der Waals surface area contributed by atoms with Gasteiger partial charge in [0.25, 0.3) is 0 Å². The van der Waals surface area contributed by atoms with E-state index in [1.165, 1.54) is 6.92 Å². The van der Waals surface area contributed by atoms with Crippen LogP contribution in [0.1, 0.15) is 52.0 Å². The second kappa shape index (κ2) is 14.4. The zero-order valence-corrected chi connectivity index (χ0v) is 23.4. The molecule has 0 spiro atoms. The Labute approximate surface area is 228 Å². The number of amides is 1. The molecule has 0 aliphatic heterocycles. The summed E-state index contributed by atoms with van der Waals surface area (Å²) in [6.45, 7) is 10.4. The number of rotatable bonds is 14. The monoisotopic (exact) mass is 537 g/mol. The smallest absolute Gasteiger partial charge is 0.303 e. The van der Waals surface area contributed by atoms with Crippen LogP contribution >= 0.6 is 0 Å². The Kier molecular flexibility index (Phi) is 11.7. The molecule has 0 saturated heterocycles. The first-order valence-electron chi connectivity index (χ1n) is 12.5. The standard InChI is InChI=1S/C30H38N2O5S/c1-23(14-11-13-21-32(24(2)33)25-15-8-6-9-16-25)30(3,4)27-22-26(38(36)37)18-19-28(27)31(5)20-12-7-10-17-29(34)35/h6,8-9,11,13-16,18-19,21-22H,1,7,10,12,17,20H2,2-5H3,(H,34,35)(H,36,37)/p-1/b14-11+,21-13+. The van der Waals surface area contributed by atoms with Crippen molar-refractivity contribution in [3.05, 3.63) is 90.7 Å². The Morgan fingerprint density at radius 2 is 1.76 bits per heavy atom. The van der Waals surface area contributed by atoms with Crippen molar-refractivity contribution in [3.8, 4) is 0 Å². The summed E-state index contributed by atoms with van der Waals surface area (Å²) in [4.78, 5) is 26.7. The summed E-state index contributed by atoms with van der Waals surface area (Å²) in [6, 6.07) is 14.4. The number of hydrogen-bond acceptors (Lipinski definition) is 5. The second-order valence-corrected chi connectivity index (χ2v) is 10.6. The highest BCUT2D eigenvalue weighted by atomic mass is 32.2. The van der Waals surface area contributed by atoms with Gasteiger partial charge in [-0.15, -0.1) is 0 Å². The van der Waals surface area contributed by atoms with E-state index in [0.717, 1.165) is 35.4 Å². The predicted molar refractivity (Wildman–Crippen MR) is 153 cm³/mol. The molecule has 1 N–H and O–H groups in total. The average Bonchev–Trinajstić information content (AvgIpc) is 2.87. The lowest BCUT2D eigenvalue weighted by atomic mass is 9.77. The Morgan fingerprint density at radius 3 is 2.37 bits per heavy atom. The fraction of sp³-hybridized carbons (Fsp3) is 0.333. The van der Waals surface area contributed by atoms with Gasteiger partial charge in [-0.1, -0.05) is 57.2 Å². The Morgan fingerprint density at radius 1 is 1.08 bits per heavy atom. The van der Waals surface area contributed by atoms with Crippen LogP contribution in [0.25, 0.3) is 0 Å². The number of benzene rings is 2. The van der Waals surface area contributed by atoms with Gasteiger partial charge in [0.2, 0.25) is 5.91 Å². The van der Waals surface area contributed by atoms with Gasteiger partial charge in [0.05, 0.1) is 0 Å². The quantitative estimate of drug-likeness (QED) is 0.181. The van der Waals surface area contributed by atoms with Crippen LogP contribution in [0, 0.1) is 0 Å². The van der Waals surface area contributed by atoms with E-state index in [4.69, 9.17) is 5.11 Å². The number of aliphatic carboxylic acids is 1. The third-order valence-corrected chi connectivity index (χ3v) is 7.09. The molecule has 0 aliphatic rings. The molecule has 2 aromatic carbocycles. The molecule has 8 heteroatoms. The largest absolute Gasteiger partial charge is 0.768 e. The minimum absolute atomic E-state index is 0.113. The molecule has 1 amide bonds. The molecule has 0 heterocycles. The summed E-state index contributed by atoms with van der Waals surface area (Å²) in [5, 5.41) is 8.83. The van der Waals surface area contributed by atoms with Crippen molar-refractivity contribution in [1.29, 1.82) is 0 Å². The maximum Gasteiger partial charge on any atom is 0.303 e. The highest BCUT2D eigenvalue weighted by molar-refractivity contribution is 7.79. The average molecular weight is 538 g/mol. The summed E-state index contributed by atoms with van der Waals surface area (Å²) in [5.41, 5.74) is 2.63. The molecule has 204 valence electrons. The predicted octanol–water partition coefficient (Wildman–Crippen LogP) is 5.96. The molecule has 0 radical (unpaired) electrons. The van der Waals surface area contributed by atoms with Crippen LogP contribution in [-0.2, 0) is 26.1 Å². The molecule has 2 aromatic rings. The van der Waals surface area contributed by atoms with Crippen molar-refractivity contribution in [2.75, 3.05) is 23.4 Å². The van der Waals surface area contributed by atoms with E-state index in [2.05, 4.69) is 11.5 Å². The third-order valence-electron chi connectivity index (χ3n) is 6.45. The lowest BCUT2D eigenvalue weighted by Crippen LogP contribution is -2.26. The number of allylic oxidation sites excluding steroid dienone is 4. The van der Waals surface area contributed by atoms with Crippen LogP contribution in [0.4, 0.5) is 11.4 Å². The van der Waals surface area contributed by atoms with Gasteiger partial charge in [0, 0.05) is 54.8 Å². The Balaban J connectivity index is 2.24. The molecule has 1 atom stereocenters. The first kappa shape index (κ1) is 30.7. The lowest BCUT2D eigenvalue weighted by Gasteiger charge is -2.33. The van der Waals surface area contributed by atoms with Crippen LogP contribution in [0.15, 0.2) is 90.0 Å². The fourth-order valence-electron chi connectivity index (χ4n) is 4.02. The topological polar surface area (TPSA) is 101 Å². The van der Waals surface area contributed by atoms with Crippen molar-refractivity contribution in [2.45, 2.75) is 56.8 Å². The number of unbranched alkanes of at least 4 members (excludes halogenated alkanes) is 2. The molecule has 1 unspecified atom stereocenters. The van der Waals surface area contributed by atoms with E-state index in [9.17, 15) is 18.4 Å². The van der Waals surface area contributed by atoms with Crippen LogP contribution in [0.2, 0.25) is 0 Å². The maximum atomic E-state index is 12.1. The van der Waals surface area contributed by atoms with Gasteiger partial charge in [-0.25, -0.2) is 0 Å². The van der Waals surface area contributed by atoms with Gasteiger partial charge in [-0.05, 0) is 71.5 Å². The molecule has 0 bridgehead atoms. The number of nitrogens with zero attached hydrogens (tertiary/aromatic N) is 2. The van der Waals surface area contributed by atoms with Gasteiger partial charge in [0.1, 0.15) is 0 Å². The Hall–Kier alpha value is -3.49. The molecule has 0 fully saturated rings. The second-order valence-electron chi connectivity index (χ2n) is 9.62. The van der Waals surface area contributed by atoms with Crippen LogP contribution in [-0.4, -0.2) is 39.3 Å². The number of carbonyl (C=O) groups is 2. The summed E-state index contributed by atoms with van der Waals surface area (Å²) < 4.78 is 23.5. The number of carboxylic acids is 1. The summed E-state index contributed by atoms with van der Waals surface area (Å²) >= 11 is -2.38. The molecule has 2 rings (SSSR count). The molecule has 0 aliphatic carbocycles. The van der Waals surface area contributed by atoms with E-state index >= 15 is 0 Å². The zero-order valence-electron chi connectivity index (χ0n) is 22.6. The number of hydrogen-bond donors (Lipinski definition) is 1. The van der Waals surface area contributed by atoms with Gasteiger partial charge < -0.3 is 14.6 Å². The molecule has 38 heavy (non-hydrogen) atoms. The van der Waals surface area contributed by atoms with Crippen molar-refractivity contribution < 1.29 is 23.5 Å². The molecule has 0 aromatic heterocycles. The van der Waals surface area contributed by atoms with Gasteiger partial charge in [-0.3, -0.25) is 18.7 Å². The highest BCUT2D eigenvalue weighted by Gasteiger charge is 2.27. The van der Waals surface area contributed by atoms with Crippen molar-refractivity contribution in [2.24, 2.45) is 0 Å². The van der Waals surface area contributed by atoms with Gasteiger partial charge in [0.15, 0.2) is 0 Å². The minimum Gasteiger partial charge on any atom is -0.768 e. The summed E-state index contributed by atoms with van der Waals surface area (Å²) in [7, 11) is 1.95. The van der Waals surface area contributed by atoms with Crippen LogP contribution < -0.4 is 9.80 Å². The van der Waals surface area contributed by atoms with E-state index in [1.807, 2.05) is 63.4 Å². The van der Waals surface area contributed by atoms with E-state index < -0.39 is 22.5 Å². The molecular formula is C30H37N2O5S-. The maximum absolute atomic E-state index is 12.1. The van der Waals surface area contributed by atoms with E-state index in [0.29, 0.717) is 13.0 Å². The van der Waals surface area contributed by atoms with E-state index in [-0.39, 0.29) is 17.2 Å². The Bertz CT molecular complexity index is 1200. The number of carbonyl (C=O) groups excluding carboxylic acids is 1. The summed E-state index contributed by atoms with van der Waals surface area (Å²) in [6.07, 6.45) is 9.51.